The largest absolute Gasteiger partial charge is 0.485 e. The molecule has 4 N–H and O–H groups in total. The summed E-state index contributed by atoms with van der Waals surface area (Å²) < 4.78 is 43.2. The monoisotopic (exact) mass is 505 g/mol. The van der Waals surface area contributed by atoms with Crippen LogP contribution < -0.4 is 15.8 Å². The van der Waals surface area contributed by atoms with Gasteiger partial charge in [0.25, 0.3) is 5.91 Å². The minimum Gasteiger partial charge on any atom is -0.485 e. The van der Waals surface area contributed by atoms with Gasteiger partial charge in [-0.1, -0.05) is 6.07 Å². The normalized spacial score (nSPS) is 12.5. The third kappa shape index (κ3) is 5.97. The second-order valence-corrected chi connectivity index (χ2v) is 8.15. The molecule has 2 atom stereocenters. The fraction of sp³-hybridized carbons (Fsp3) is 0.217. The van der Waals surface area contributed by atoms with Gasteiger partial charge in [0.2, 0.25) is 5.91 Å². The molecule has 0 spiro atoms. The summed E-state index contributed by atoms with van der Waals surface area (Å²) in [6.07, 6.45) is -0.538. The molecule has 12 heteroatoms. The van der Waals surface area contributed by atoms with Crippen molar-refractivity contribution < 1.29 is 37.7 Å². The first-order valence-corrected chi connectivity index (χ1v) is 10.9. The van der Waals surface area contributed by atoms with Crippen molar-refractivity contribution in [3.8, 4) is 17.0 Å². The average molecular weight is 505 g/mol. The van der Waals surface area contributed by atoms with E-state index in [1.165, 1.54) is 24.3 Å². The van der Waals surface area contributed by atoms with E-state index in [0.29, 0.717) is 16.1 Å². The summed E-state index contributed by atoms with van der Waals surface area (Å²) in [5, 5.41) is 11.2. The summed E-state index contributed by atoms with van der Waals surface area (Å²) in [4.78, 5) is 35.5. The summed E-state index contributed by atoms with van der Waals surface area (Å²) >= 11 is 1.09. The Kier molecular flexibility index (Phi) is 8.10. The van der Waals surface area contributed by atoms with E-state index in [-0.39, 0.29) is 16.9 Å². The Bertz CT molecular complexity index is 1270. The number of hydrogen-bond acceptors (Lipinski definition) is 8. The molecule has 0 fully saturated rings. The molecular weight excluding hydrogens is 484 g/mol. The quantitative estimate of drug-likeness (QED) is 0.380. The van der Waals surface area contributed by atoms with Crippen molar-refractivity contribution in [2.75, 3.05) is 13.7 Å². The van der Waals surface area contributed by atoms with Gasteiger partial charge in [0.05, 0.1) is 35.4 Å². The minimum absolute atomic E-state index is 0.191. The van der Waals surface area contributed by atoms with Crippen LogP contribution in [0.2, 0.25) is 0 Å². The van der Waals surface area contributed by atoms with Crippen LogP contribution in [0.1, 0.15) is 38.6 Å². The van der Waals surface area contributed by atoms with Gasteiger partial charge < -0.3 is 25.6 Å². The van der Waals surface area contributed by atoms with Gasteiger partial charge in [-0.25, -0.2) is 13.6 Å². The standard InChI is InChI=1S/C23H21F2N3O6S/c1-11(34-13-4-6-15(17(25)8-13)23(32)33-2)20-9-18(28-35-20)12-3-5-14(16(24)7-12)22(31)27-19(10-29)21(26)30/h3-9,11,19,29H,10H2,1-2H3,(H2,26,30)(H,27,31)/t11?,19-/m0/s1. The number of methoxy groups -OCH3 is 1. The van der Waals surface area contributed by atoms with Crippen molar-refractivity contribution in [2.45, 2.75) is 19.1 Å². The van der Waals surface area contributed by atoms with Gasteiger partial charge >= 0.3 is 5.97 Å². The molecule has 0 aliphatic carbocycles. The average Bonchev–Trinajstić information content (AvgIpc) is 3.32. The van der Waals surface area contributed by atoms with Gasteiger partial charge in [-0.15, -0.1) is 0 Å². The van der Waals surface area contributed by atoms with E-state index in [4.69, 9.17) is 15.6 Å². The lowest BCUT2D eigenvalue weighted by molar-refractivity contribution is -0.120. The highest BCUT2D eigenvalue weighted by Crippen LogP contribution is 2.30. The number of carbonyl (C=O) groups is 3. The second kappa shape index (κ2) is 11.0. The molecule has 0 aliphatic heterocycles. The Balaban J connectivity index is 1.73. The number of aromatic nitrogens is 1. The number of nitrogens with two attached hydrogens (primary N) is 1. The maximum Gasteiger partial charge on any atom is 0.340 e. The molecule has 1 aromatic heterocycles. The molecule has 0 radical (unpaired) electrons. The van der Waals surface area contributed by atoms with Gasteiger partial charge in [-0.2, -0.15) is 4.37 Å². The number of nitrogens with one attached hydrogen (secondary N) is 1. The van der Waals surface area contributed by atoms with Crippen LogP contribution in [0.15, 0.2) is 42.5 Å². The van der Waals surface area contributed by atoms with E-state index in [1.54, 1.807) is 13.0 Å². The van der Waals surface area contributed by atoms with Gasteiger partial charge in [0.1, 0.15) is 29.5 Å². The Morgan fingerprint density at radius 1 is 1.11 bits per heavy atom. The number of nitrogens with zero attached hydrogens (tertiary/aromatic N) is 1. The van der Waals surface area contributed by atoms with Crippen molar-refractivity contribution in [3.05, 3.63) is 70.1 Å². The maximum atomic E-state index is 14.6. The molecule has 0 saturated heterocycles. The molecule has 184 valence electrons. The number of hydrogen-bond donors (Lipinski definition) is 3. The number of primary amides is 1. The number of ether oxygens (including phenoxy) is 2. The lowest BCUT2D eigenvalue weighted by Crippen LogP contribution is -2.47. The molecule has 3 aromatic rings. The number of carbonyl (C=O) groups excluding carboxylic acids is 3. The van der Waals surface area contributed by atoms with Gasteiger partial charge in [0, 0.05) is 11.6 Å². The van der Waals surface area contributed by atoms with E-state index in [1.807, 2.05) is 0 Å². The SMILES string of the molecule is COC(=O)c1ccc(OC(C)c2cc(-c3ccc(C(=O)N[C@@H](CO)C(N)=O)c(F)c3)ns2)cc1F. The molecule has 0 bridgehead atoms. The van der Waals surface area contributed by atoms with Crippen LogP contribution in [0.5, 0.6) is 5.75 Å². The smallest absolute Gasteiger partial charge is 0.340 e. The molecule has 1 heterocycles. The summed E-state index contributed by atoms with van der Waals surface area (Å²) in [7, 11) is 1.15. The highest BCUT2D eigenvalue weighted by atomic mass is 32.1. The summed E-state index contributed by atoms with van der Waals surface area (Å²) in [5.41, 5.74) is 5.31. The van der Waals surface area contributed by atoms with Crippen molar-refractivity contribution in [3.63, 3.8) is 0 Å². The first kappa shape index (κ1) is 25.7. The van der Waals surface area contributed by atoms with Crippen molar-refractivity contribution in [2.24, 2.45) is 5.73 Å². The zero-order valence-corrected chi connectivity index (χ0v) is 19.4. The lowest BCUT2D eigenvalue weighted by Gasteiger charge is -2.13. The zero-order valence-electron chi connectivity index (χ0n) is 18.6. The van der Waals surface area contributed by atoms with Gasteiger partial charge in [-0.3, -0.25) is 9.59 Å². The number of benzene rings is 2. The molecule has 2 amide bonds. The van der Waals surface area contributed by atoms with E-state index < -0.39 is 48.2 Å². The number of amides is 2. The summed E-state index contributed by atoms with van der Waals surface area (Å²) in [6, 6.07) is 7.90. The van der Waals surface area contributed by atoms with E-state index in [2.05, 4.69) is 14.4 Å². The van der Waals surface area contributed by atoms with Crippen molar-refractivity contribution >= 4 is 29.3 Å². The van der Waals surface area contributed by atoms with Crippen LogP contribution in [-0.4, -0.2) is 47.0 Å². The topological polar surface area (TPSA) is 141 Å². The van der Waals surface area contributed by atoms with Gasteiger partial charge in [-0.05, 0) is 48.8 Å². The summed E-state index contributed by atoms with van der Waals surface area (Å²) in [5.74, 6) is -4.11. The van der Waals surface area contributed by atoms with Crippen molar-refractivity contribution in [1.82, 2.24) is 9.69 Å². The minimum atomic E-state index is -1.34. The number of esters is 1. The molecule has 0 aliphatic rings. The zero-order chi connectivity index (χ0) is 25.7. The molecule has 1 unspecified atom stereocenters. The second-order valence-electron chi connectivity index (χ2n) is 7.31. The van der Waals surface area contributed by atoms with Crippen LogP contribution in [0.3, 0.4) is 0 Å². The molecule has 35 heavy (non-hydrogen) atoms. The number of aliphatic hydroxyl groups is 1. The third-order valence-corrected chi connectivity index (χ3v) is 5.88. The number of rotatable bonds is 9. The Hall–Kier alpha value is -3.90. The van der Waals surface area contributed by atoms with E-state index in [0.717, 1.165) is 30.8 Å². The number of halogens is 2. The molecular formula is C23H21F2N3O6S. The fourth-order valence-electron chi connectivity index (χ4n) is 3.03. The fourth-order valence-corrected chi connectivity index (χ4v) is 3.75. The van der Waals surface area contributed by atoms with Crippen LogP contribution in [0, 0.1) is 11.6 Å². The van der Waals surface area contributed by atoms with Crippen molar-refractivity contribution in [1.29, 1.82) is 0 Å². The Morgan fingerprint density at radius 2 is 1.80 bits per heavy atom. The predicted octanol–water partition coefficient (Wildman–Crippen LogP) is 2.59. The van der Waals surface area contributed by atoms with Gasteiger partial charge in [0.15, 0.2) is 0 Å². The number of aliphatic hydroxyl groups excluding tert-OH is 1. The highest BCUT2D eigenvalue weighted by Gasteiger charge is 2.21. The lowest BCUT2D eigenvalue weighted by atomic mass is 10.1. The Labute approximate surface area is 202 Å². The highest BCUT2D eigenvalue weighted by molar-refractivity contribution is 7.06. The first-order valence-electron chi connectivity index (χ1n) is 10.2. The van der Waals surface area contributed by atoms with E-state index >= 15 is 0 Å². The summed E-state index contributed by atoms with van der Waals surface area (Å²) in [6.45, 7) is 0.998. The predicted molar refractivity (Wildman–Crippen MR) is 122 cm³/mol. The van der Waals surface area contributed by atoms with Crippen LogP contribution in [0.25, 0.3) is 11.3 Å². The third-order valence-electron chi connectivity index (χ3n) is 4.93. The van der Waals surface area contributed by atoms with Crippen LogP contribution in [-0.2, 0) is 9.53 Å². The maximum absolute atomic E-state index is 14.6. The first-order chi connectivity index (χ1) is 16.6. The molecule has 9 nitrogen and oxygen atoms in total. The van der Waals surface area contributed by atoms with Crippen LogP contribution in [0.4, 0.5) is 8.78 Å². The van der Waals surface area contributed by atoms with E-state index in [9.17, 15) is 23.2 Å². The molecule has 2 aromatic carbocycles. The molecule has 3 rings (SSSR count). The molecule has 0 saturated carbocycles. The Morgan fingerprint density at radius 3 is 2.40 bits per heavy atom. The van der Waals surface area contributed by atoms with Crippen LogP contribution >= 0.6 is 11.5 Å².